The van der Waals surface area contributed by atoms with Crippen LogP contribution >= 0.6 is 0 Å². The van der Waals surface area contributed by atoms with Gasteiger partial charge in [0, 0.05) is 55.2 Å². The monoisotopic (exact) mass is 443 g/mol. The van der Waals surface area contributed by atoms with Gasteiger partial charge in [0.1, 0.15) is 0 Å². The molecular weight excluding hydrogens is 414 g/mol. The van der Waals surface area contributed by atoms with Crippen LogP contribution in [0.3, 0.4) is 0 Å². The molecule has 2 fully saturated rings. The highest BCUT2D eigenvalue weighted by molar-refractivity contribution is 5.91. The number of hydrogen-bond donors (Lipinski definition) is 3. The molecule has 0 aromatic carbocycles. The van der Waals surface area contributed by atoms with Crippen LogP contribution in [0.5, 0.6) is 5.88 Å². The van der Waals surface area contributed by atoms with Crippen LogP contribution in [0.15, 0.2) is 24.4 Å². The molecule has 1 aliphatic heterocycles. The number of H-pyrrole nitrogens is 1. The Morgan fingerprint density at radius 1 is 1.25 bits per heavy atom. The molecule has 1 saturated heterocycles. The van der Waals surface area contributed by atoms with Gasteiger partial charge in [-0.05, 0) is 43.7 Å². The molecule has 3 N–H and O–H groups in total. The molecule has 0 bridgehead atoms. The van der Waals surface area contributed by atoms with Crippen molar-refractivity contribution in [3.8, 4) is 5.88 Å². The van der Waals surface area contributed by atoms with Gasteiger partial charge in [0.15, 0.2) is 5.82 Å². The minimum Gasteiger partial charge on any atom is -0.481 e. The van der Waals surface area contributed by atoms with Crippen LogP contribution < -0.4 is 10.1 Å². The van der Waals surface area contributed by atoms with E-state index < -0.39 is 6.09 Å². The summed E-state index contributed by atoms with van der Waals surface area (Å²) in [6, 6.07) is 5.35. The van der Waals surface area contributed by atoms with Crippen molar-refractivity contribution in [3.63, 3.8) is 0 Å². The van der Waals surface area contributed by atoms with E-state index in [2.05, 4.69) is 20.5 Å². The molecule has 3 heterocycles. The Kier molecular flexibility index (Phi) is 6.89. The average molecular weight is 444 g/mol. The van der Waals surface area contributed by atoms with E-state index in [1.165, 1.54) is 7.11 Å². The molecule has 0 radical (unpaired) electrons. The Labute approximate surface area is 186 Å². The molecule has 10 heteroatoms. The zero-order valence-electron chi connectivity index (χ0n) is 18.1. The Hall–Kier alpha value is -3.14. The lowest BCUT2D eigenvalue weighted by Gasteiger charge is -2.36. The first-order valence-electron chi connectivity index (χ1n) is 11.0. The second kappa shape index (κ2) is 9.99. The first-order chi connectivity index (χ1) is 15.5. The smallest absolute Gasteiger partial charge is 0.407 e. The number of ether oxygens (including phenoxy) is 2. The molecule has 172 valence electrons. The number of carbonyl (C=O) groups is 2. The topological polar surface area (TPSA) is 130 Å². The fraction of sp³-hybridized carbons (Fsp3) is 0.545. The number of aromatic amines is 1. The van der Waals surface area contributed by atoms with Gasteiger partial charge in [0.05, 0.1) is 13.5 Å². The predicted octanol–water partition coefficient (Wildman–Crippen LogP) is 2.79. The van der Waals surface area contributed by atoms with E-state index in [4.69, 9.17) is 9.47 Å². The number of carboxylic acid groups (broad SMARTS) is 1. The van der Waals surface area contributed by atoms with Gasteiger partial charge in [-0.25, -0.2) is 9.78 Å². The van der Waals surface area contributed by atoms with Gasteiger partial charge >= 0.3 is 6.09 Å². The van der Waals surface area contributed by atoms with Crippen molar-refractivity contribution in [2.24, 2.45) is 0 Å². The Morgan fingerprint density at radius 2 is 2.06 bits per heavy atom. The van der Waals surface area contributed by atoms with Crippen LogP contribution in [0.25, 0.3) is 0 Å². The van der Waals surface area contributed by atoms with E-state index in [0.717, 1.165) is 43.4 Å². The van der Waals surface area contributed by atoms with Crippen molar-refractivity contribution in [1.29, 1.82) is 0 Å². The minimum atomic E-state index is -0.854. The summed E-state index contributed by atoms with van der Waals surface area (Å²) in [5.74, 6) is 0.930. The molecule has 0 unspecified atom stereocenters. The SMILES string of the molecule is COc1cc(CC(=O)Nc2cc([C@H]3CC[C@@H](N(C(=O)O)C4CCOCC4)C3)[nH]n2)ccn1. The summed E-state index contributed by atoms with van der Waals surface area (Å²) in [7, 11) is 1.53. The summed E-state index contributed by atoms with van der Waals surface area (Å²) in [5, 5.41) is 19.9. The quantitative estimate of drug-likeness (QED) is 0.600. The fourth-order valence-corrected chi connectivity index (χ4v) is 4.72. The number of anilines is 1. The predicted molar refractivity (Wildman–Crippen MR) is 116 cm³/mol. The highest BCUT2D eigenvalue weighted by Crippen LogP contribution is 2.38. The number of amides is 2. The molecule has 2 atom stereocenters. The Morgan fingerprint density at radius 3 is 2.81 bits per heavy atom. The highest BCUT2D eigenvalue weighted by Gasteiger charge is 2.37. The second-order valence-electron chi connectivity index (χ2n) is 8.34. The molecule has 32 heavy (non-hydrogen) atoms. The van der Waals surface area contributed by atoms with E-state index >= 15 is 0 Å². The number of methoxy groups -OCH3 is 1. The summed E-state index contributed by atoms with van der Waals surface area (Å²) in [4.78, 5) is 30.0. The fourth-order valence-electron chi connectivity index (χ4n) is 4.72. The zero-order valence-corrected chi connectivity index (χ0v) is 18.1. The molecule has 2 aromatic rings. The average Bonchev–Trinajstić information content (AvgIpc) is 3.44. The molecule has 2 aliphatic rings. The maximum absolute atomic E-state index is 12.4. The third kappa shape index (κ3) is 5.18. The van der Waals surface area contributed by atoms with Crippen molar-refractivity contribution < 1.29 is 24.2 Å². The van der Waals surface area contributed by atoms with Crippen LogP contribution in [0.4, 0.5) is 10.6 Å². The molecule has 0 spiro atoms. The summed E-state index contributed by atoms with van der Waals surface area (Å²) < 4.78 is 10.5. The molecule has 2 aromatic heterocycles. The summed E-state index contributed by atoms with van der Waals surface area (Å²) in [5.41, 5.74) is 1.72. The number of aromatic nitrogens is 3. The van der Waals surface area contributed by atoms with Crippen molar-refractivity contribution in [2.75, 3.05) is 25.6 Å². The number of hydrogen-bond acceptors (Lipinski definition) is 6. The number of rotatable bonds is 7. The third-order valence-electron chi connectivity index (χ3n) is 6.28. The largest absolute Gasteiger partial charge is 0.481 e. The van der Waals surface area contributed by atoms with Gasteiger partial charge in [-0.15, -0.1) is 0 Å². The van der Waals surface area contributed by atoms with E-state index in [-0.39, 0.29) is 30.3 Å². The number of nitrogens with one attached hydrogen (secondary N) is 2. The first-order valence-corrected chi connectivity index (χ1v) is 11.0. The zero-order chi connectivity index (χ0) is 22.5. The molecule has 10 nitrogen and oxygen atoms in total. The van der Waals surface area contributed by atoms with Crippen LogP contribution in [-0.4, -0.2) is 69.6 Å². The van der Waals surface area contributed by atoms with Crippen LogP contribution in [0.2, 0.25) is 0 Å². The van der Waals surface area contributed by atoms with E-state index in [1.54, 1.807) is 23.2 Å². The molecule has 1 aliphatic carbocycles. The van der Waals surface area contributed by atoms with Crippen molar-refractivity contribution in [1.82, 2.24) is 20.1 Å². The summed E-state index contributed by atoms with van der Waals surface area (Å²) >= 11 is 0. The lowest BCUT2D eigenvalue weighted by molar-refractivity contribution is -0.115. The summed E-state index contributed by atoms with van der Waals surface area (Å²) in [6.07, 6.45) is 4.87. The molecule has 1 saturated carbocycles. The Bertz CT molecular complexity index is 942. The van der Waals surface area contributed by atoms with Crippen molar-refractivity contribution >= 4 is 17.8 Å². The summed E-state index contributed by atoms with van der Waals surface area (Å²) in [6.45, 7) is 1.22. The van der Waals surface area contributed by atoms with Crippen molar-refractivity contribution in [2.45, 2.75) is 56.5 Å². The molecule has 4 rings (SSSR count). The first kappa shape index (κ1) is 22.1. The Balaban J connectivity index is 1.34. The number of nitrogens with zero attached hydrogens (tertiary/aromatic N) is 3. The van der Waals surface area contributed by atoms with Gasteiger partial charge < -0.3 is 24.8 Å². The third-order valence-corrected chi connectivity index (χ3v) is 6.28. The lowest BCUT2D eigenvalue weighted by atomic mass is 10.0. The second-order valence-corrected chi connectivity index (χ2v) is 8.34. The van der Waals surface area contributed by atoms with Gasteiger partial charge in [0.2, 0.25) is 11.8 Å². The highest BCUT2D eigenvalue weighted by atomic mass is 16.5. The number of pyridine rings is 1. The standard InChI is InChI=1S/C22H29N5O5/c1-31-21-11-14(4-7-23-21)10-20(28)24-19-13-18(25-26-19)15-2-3-17(12-15)27(22(29)30)16-5-8-32-9-6-16/h4,7,11,13,15-17H,2-3,5-6,8-10,12H2,1H3,(H,29,30)(H2,24,25,26,28)/t15-,17+/m0/s1. The molecular formula is C22H29N5O5. The van der Waals surface area contributed by atoms with Crippen LogP contribution in [0, 0.1) is 0 Å². The number of carbonyl (C=O) groups excluding carboxylic acids is 1. The van der Waals surface area contributed by atoms with Gasteiger partial charge in [-0.1, -0.05) is 0 Å². The van der Waals surface area contributed by atoms with Crippen LogP contribution in [-0.2, 0) is 16.0 Å². The normalized spacial score (nSPS) is 21.3. The van der Waals surface area contributed by atoms with Gasteiger partial charge in [-0.2, -0.15) is 5.10 Å². The van der Waals surface area contributed by atoms with E-state index in [0.29, 0.717) is 24.9 Å². The minimum absolute atomic E-state index is 0.0105. The molecule has 2 amide bonds. The van der Waals surface area contributed by atoms with E-state index in [9.17, 15) is 14.7 Å². The van der Waals surface area contributed by atoms with Crippen molar-refractivity contribution in [3.05, 3.63) is 35.7 Å². The lowest BCUT2D eigenvalue weighted by Crippen LogP contribution is -2.47. The van der Waals surface area contributed by atoms with E-state index in [1.807, 2.05) is 6.07 Å². The van der Waals surface area contributed by atoms with Crippen LogP contribution in [0.1, 0.15) is 49.3 Å². The maximum Gasteiger partial charge on any atom is 0.407 e. The maximum atomic E-state index is 12.4. The van der Waals surface area contributed by atoms with Gasteiger partial charge in [-0.3, -0.25) is 9.89 Å². The van der Waals surface area contributed by atoms with Gasteiger partial charge in [0.25, 0.3) is 0 Å².